The summed E-state index contributed by atoms with van der Waals surface area (Å²) < 4.78 is 26.6. The fourth-order valence-electron chi connectivity index (χ4n) is 2.80. The second kappa shape index (κ2) is 7.71. The molecule has 0 bridgehead atoms. The number of hydrogen-bond donors (Lipinski definition) is 2. The molecule has 0 spiro atoms. The number of rotatable bonds is 5. The highest BCUT2D eigenvalue weighted by Crippen LogP contribution is 2.28. The van der Waals surface area contributed by atoms with E-state index in [1.807, 2.05) is 25.1 Å². The number of thiocarbonyl (C=S) groups is 1. The maximum atomic E-state index is 13.7. The molecule has 128 valence electrons. The molecular weight excluding hydrogens is 326 g/mol. The van der Waals surface area contributed by atoms with Crippen LogP contribution >= 0.6 is 12.2 Å². The Kier molecular flexibility index (Phi) is 5.89. The Balaban J connectivity index is 1.94. The lowest BCUT2D eigenvalue weighted by Gasteiger charge is -2.29. The molecule has 0 amide bonds. The van der Waals surface area contributed by atoms with Crippen LogP contribution in [-0.2, 0) is 5.41 Å². The van der Waals surface area contributed by atoms with Gasteiger partial charge < -0.3 is 10.6 Å². The van der Waals surface area contributed by atoms with Crippen LogP contribution in [-0.4, -0.2) is 11.2 Å². The van der Waals surface area contributed by atoms with Gasteiger partial charge in [0.15, 0.2) is 5.11 Å². The lowest BCUT2D eigenvalue weighted by atomic mass is 9.79. The van der Waals surface area contributed by atoms with Crippen molar-refractivity contribution >= 4 is 23.0 Å². The van der Waals surface area contributed by atoms with Crippen molar-refractivity contribution in [1.82, 2.24) is 5.32 Å². The first kappa shape index (κ1) is 18.3. The molecule has 0 saturated heterocycles. The van der Waals surface area contributed by atoms with E-state index in [-0.39, 0.29) is 17.1 Å². The van der Waals surface area contributed by atoms with E-state index >= 15 is 0 Å². The number of nitrogens with one attached hydrogen (secondary N) is 2. The molecule has 2 aromatic rings. The lowest BCUT2D eigenvalue weighted by Crippen LogP contribution is -2.39. The smallest absolute Gasteiger partial charge is 0.171 e. The molecule has 0 unspecified atom stereocenters. The van der Waals surface area contributed by atoms with Crippen molar-refractivity contribution in [3.8, 4) is 0 Å². The molecule has 1 atom stereocenters. The third-order valence-electron chi connectivity index (χ3n) is 3.93. The molecule has 0 aliphatic rings. The maximum absolute atomic E-state index is 13.7. The average molecular weight is 348 g/mol. The molecule has 0 aliphatic heterocycles. The molecule has 0 saturated carbocycles. The van der Waals surface area contributed by atoms with E-state index in [4.69, 9.17) is 12.2 Å². The second-order valence-corrected chi connectivity index (χ2v) is 6.99. The molecule has 0 aromatic heterocycles. The van der Waals surface area contributed by atoms with Crippen LogP contribution < -0.4 is 10.6 Å². The number of halogens is 2. The Morgan fingerprint density at radius 2 is 1.79 bits per heavy atom. The van der Waals surface area contributed by atoms with Crippen LogP contribution in [0.1, 0.15) is 32.8 Å². The zero-order chi connectivity index (χ0) is 17.7. The molecule has 0 fully saturated rings. The molecular formula is C19H22F2N2S. The van der Waals surface area contributed by atoms with Crippen molar-refractivity contribution in [2.24, 2.45) is 0 Å². The van der Waals surface area contributed by atoms with E-state index in [0.29, 0.717) is 5.11 Å². The topological polar surface area (TPSA) is 24.1 Å². The largest absolute Gasteiger partial charge is 0.360 e. The highest BCUT2D eigenvalue weighted by atomic mass is 32.1. The van der Waals surface area contributed by atoms with E-state index in [0.717, 1.165) is 12.5 Å². The van der Waals surface area contributed by atoms with Gasteiger partial charge in [0, 0.05) is 12.1 Å². The van der Waals surface area contributed by atoms with E-state index in [9.17, 15) is 8.78 Å². The molecule has 24 heavy (non-hydrogen) atoms. The lowest BCUT2D eigenvalue weighted by molar-refractivity contribution is 0.420. The Bertz CT molecular complexity index is 702. The van der Waals surface area contributed by atoms with Gasteiger partial charge >= 0.3 is 0 Å². The Morgan fingerprint density at radius 3 is 2.42 bits per heavy atom. The monoisotopic (exact) mass is 348 g/mol. The summed E-state index contributed by atoms with van der Waals surface area (Å²) in [6.45, 7) is 6.38. The van der Waals surface area contributed by atoms with Gasteiger partial charge in [-0.05, 0) is 48.7 Å². The third-order valence-corrected chi connectivity index (χ3v) is 4.15. The van der Waals surface area contributed by atoms with Crippen LogP contribution in [0.15, 0.2) is 48.5 Å². The number of anilines is 1. The first-order valence-corrected chi connectivity index (χ1v) is 8.27. The predicted octanol–water partition coefficient (Wildman–Crippen LogP) is 5.01. The van der Waals surface area contributed by atoms with Gasteiger partial charge in [0.2, 0.25) is 0 Å². The molecule has 0 aliphatic carbocycles. The average Bonchev–Trinajstić information content (AvgIpc) is 2.50. The third kappa shape index (κ3) is 4.99. The van der Waals surface area contributed by atoms with Crippen LogP contribution in [0.4, 0.5) is 14.5 Å². The summed E-state index contributed by atoms with van der Waals surface area (Å²) in [6, 6.07) is 13.7. The van der Waals surface area contributed by atoms with Crippen LogP contribution in [0.25, 0.3) is 0 Å². The number of hydrogen-bond acceptors (Lipinski definition) is 1. The van der Waals surface area contributed by atoms with Crippen molar-refractivity contribution in [2.75, 3.05) is 5.32 Å². The zero-order valence-electron chi connectivity index (χ0n) is 14.1. The van der Waals surface area contributed by atoms with Crippen molar-refractivity contribution in [1.29, 1.82) is 0 Å². The zero-order valence-corrected chi connectivity index (χ0v) is 14.9. The van der Waals surface area contributed by atoms with Crippen molar-refractivity contribution < 1.29 is 8.78 Å². The van der Waals surface area contributed by atoms with E-state index in [1.54, 1.807) is 0 Å². The van der Waals surface area contributed by atoms with Crippen molar-refractivity contribution in [3.63, 3.8) is 0 Å². The summed E-state index contributed by atoms with van der Waals surface area (Å²) in [4.78, 5) is 0. The Hall–Kier alpha value is -2.01. The normalized spacial score (nSPS) is 12.5. The minimum absolute atomic E-state index is 0.0234. The Labute approximate surface area is 147 Å². The summed E-state index contributed by atoms with van der Waals surface area (Å²) in [6.07, 6.45) is 0.852. The minimum Gasteiger partial charge on any atom is -0.360 e. The summed E-state index contributed by atoms with van der Waals surface area (Å²) in [5, 5.41) is 6.25. The van der Waals surface area contributed by atoms with Crippen LogP contribution in [0.2, 0.25) is 0 Å². The molecule has 2 rings (SSSR count). The minimum atomic E-state index is -0.670. The van der Waals surface area contributed by atoms with Crippen LogP contribution in [0.3, 0.4) is 0 Å². The SMILES string of the molecule is C[C@@H](CC(C)(C)c1ccccc1)NC(=S)Nc1ccc(F)cc1F. The van der Waals surface area contributed by atoms with Gasteiger partial charge in [0.1, 0.15) is 11.6 Å². The highest BCUT2D eigenvalue weighted by molar-refractivity contribution is 7.80. The summed E-state index contributed by atoms with van der Waals surface area (Å²) in [5.74, 6) is -1.29. The van der Waals surface area contributed by atoms with Gasteiger partial charge in [0.25, 0.3) is 0 Å². The molecule has 5 heteroatoms. The molecule has 2 aromatic carbocycles. The fourth-order valence-corrected chi connectivity index (χ4v) is 3.11. The fraction of sp³-hybridized carbons (Fsp3) is 0.316. The van der Waals surface area contributed by atoms with E-state index in [2.05, 4.69) is 36.6 Å². The standard InChI is InChI=1S/C19H22F2N2S/c1-13(12-19(2,3)14-7-5-4-6-8-14)22-18(24)23-17-10-9-15(20)11-16(17)21/h4-11,13H,12H2,1-3H3,(H2,22,23,24)/t13-/m0/s1. The number of benzene rings is 2. The first-order valence-electron chi connectivity index (χ1n) is 7.86. The first-order chi connectivity index (χ1) is 11.3. The Morgan fingerprint density at radius 1 is 1.12 bits per heavy atom. The van der Waals surface area contributed by atoms with Gasteiger partial charge in [-0.2, -0.15) is 0 Å². The molecule has 2 nitrogen and oxygen atoms in total. The quantitative estimate of drug-likeness (QED) is 0.743. The van der Waals surface area contributed by atoms with Gasteiger partial charge in [0.05, 0.1) is 5.69 Å². The van der Waals surface area contributed by atoms with Crippen LogP contribution in [0, 0.1) is 11.6 Å². The summed E-state index contributed by atoms with van der Waals surface area (Å²) in [5.41, 5.74) is 1.38. The predicted molar refractivity (Wildman–Crippen MR) is 99.3 cm³/mol. The second-order valence-electron chi connectivity index (χ2n) is 6.58. The summed E-state index contributed by atoms with van der Waals surface area (Å²) >= 11 is 5.23. The molecule has 0 heterocycles. The van der Waals surface area contributed by atoms with E-state index in [1.165, 1.54) is 17.7 Å². The van der Waals surface area contributed by atoms with Crippen LogP contribution in [0.5, 0.6) is 0 Å². The van der Waals surface area contributed by atoms with E-state index < -0.39 is 11.6 Å². The highest BCUT2D eigenvalue weighted by Gasteiger charge is 2.23. The molecule has 2 N–H and O–H groups in total. The van der Waals surface area contributed by atoms with Gasteiger partial charge in [-0.25, -0.2) is 8.78 Å². The summed E-state index contributed by atoms with van der Waals surface area (Å²) in [7, 11) is 0. The molecule has 0 radical (unpaired) electrons. The maximum Gasteiger partial charge on any atom is 0.171 e. The van der Waals surface area contributed by atoms with Crippen molar-refractivity contribution in [3.05, 3.63) is 65.7 Å². The van der Waals surface area contributed by atoms with Crippen molar-refractivity contribution in [2.45, 2.75) is 38.6 Å². The van der Waals surface area contributed by atoms with Gasteiger partial charge in [-0.15, -0.1) is 0 Å². The van der Waals surface area contributed by atoms with Gasteiger partial charge in [-0.3, -0.25) is 0 Å². The van der Waals surface area contributed by atoms with Gasteiger partial charge in [-0.1, -0.05) is 44.2 Å².